The van der Waals surface area contributed by atoms with Gasteiger partial charge in [0.2, 0.25) is 0 Å². The molecule has 98 valence electrons. The number of hydrogen-bond donors (Lipinski definition) is 1. The third-order valence-corrected chi connectivity index (χ3v) is 3.89. The van der Waals surface area contributed by atoms with E-state index in [1.165, 1.54) is 12.1 Å². The van der Waals surface area contributed by atoms with Crippen molar-refractivity contribution in [3.05, 3.63) is 35.6 Å². The summed E-state index contributed by atoms with van der Waals surface area (Å²) in [6.07, 6.45) is 0.910. The van der Waals surface area contributed by atoms with E-state index >= 15 is 0 Å². The maximum atomic E-state index is 13.5. The van der Waals surface area contributed by atoms with Crippen molar-refractivity contribution in [2.24, 2.45) is 5.41 Å². The molecule has 1 aromatic rings. The summed E-state index contributed by atoms with van der Waals surface area (Å²) >= 11 is 0. The summed E-state index contributed by atoms with van der Waals surface area (Å²) in [4.78, 5) is 12.0. The number of carbonyl (C=O) groups excluding carboxylic acids is 1. The molecule has 0 radical (unpaired) electrons. The number of carbonyl (C=O) groups is 1. The number of hydrogen-bond acceptors (Lipinski definition) is 2. The number of nitrogens with one attached hydrogen (secondary N) is 1. The minimum Gasteiger partial charge on any atom is -0.381 e. The molecule has 2 unspecified atom stereocenters. The molecule has 4 heteroatoms. The number of amides is 1. The SMILES string of the molecule is COC1CC(NC(=O)c2ccccc2F)C1(C)C. The van der Waals surface area contributed by atoms with E-state index < -0.39 is 5.82 Å². The number of benzene rings is 1. The van der Waals surface area contributed by atoms with Crippen LogP contribution < -0.4 is 5.32 Å². The van der Waals surface area contributed by atoms with E-state index in [0.29, 0.717) is 0 Å². The summed E-state index contributed by atoms with van der Waals surface area (Å²) in [5.41, 5.74) is -0.0236. The second kappa shape index (κ2) is 4.69. The lowest BCUT2D eigenvalue weighted by atomic mass is 9.64. The molecule has 1 aliphatic carbocycles. The van der Waals surface area contributed by atoms with Crippen molar-refractivity contribution in [3.63, 3.8) is 0 Å². The minimum atomic E-state index is -0.490. The van der Waals surface area contributed by atoms with Crippen LogP contribution in [0.3, 0.4) is 0 Å². The molecule has 0 saturated heterocycles. The lowest BCUT2D eigenvalue weighted by Crippen LogP contribution is -2.61. The van der Waals surface area contributed by atoms with E-state index in [1.807, 2.05) is 13.8 Å². The molecule has 1 fully saturated rings. The Bertz CT molecular complexity index is 459. The Morgan fingerprint density at radius 3 is 2.67 bits per heavy atom. The second-order valence-electron chi connectivity index (χ2n) is 5.29. The Kier molecular flexibility index (Phi) is 3.39. The fourth-order valence-electron chi connectivity index (χ4n) is 2.41. The largest absolute Gasteiger partial charge is 0.381 e. The van der Waals surface area contributed by atoms with Crippen LogP contribution in [-0.4, -0.2) is 25.2 Å². The van der Waals surface area contributed by atoms with Crippen LogP contribution in [0.5, 0.6) is 0 Å². The average molecular weight is 251 g/mol. The van der Waals surface area contributed by atoms with Crippen LogP contribution in [-0.2, 0) is 4.74 Å². The van der Waals surface area contributed by atoms with Crippen molar-refractivity contribution >= 4 is 5.91 Å². The highest BCUT2D eigenvalue weighted by Gasteiger charge is 2.49. The third-order valence-electron chi connectivity index (χ3n) is 3.89. The van der Waals surface area contributed by atoms with Crippen LogP contribution in [0, 0.1) is 11.2 Å². The van der Waals surface area contributed by atoms with Crippen LogP contribution in [0.25, 0.3) is 0 Å². The first-order valence-corrected chi connectivity index (χ1v) is 6.05. The summed E-state index contributed by atoms with van der Waals surface area (Å²) in [7, 11) is 1.67. The molecule has 0 heterocycles. The van der Waals surface area contributed by atoms with Crippen molar-refractivity contribution < 1.29 is 13.9 Å². The molecular weight excluding hydrogens is 233 g/mol. The van der Waals surface area contributed by atoms with E-state index in [-0.39, 0.29) is 29.0 Å². The van der Waals surface area contributed by atoms with Crippen LogP contribution >= 0.6 is 0 Å². The quantitative estimate of drug-likeness (QED) is 0.895. The molecule has 1 N–H and O–H groups in total. The van der Waals surface area contributed by atoms with E-state index in [0.717, 1.165) is 6.42 Å². The van der Waals surface area contributed by atoms with Gasteiger partial charge in [-0.3, -0.25) is 4.79 Å². The predicted molar refractivity (Wildman–Crippen MR) is 66.8 cm³/mol. The Morgan fingerprint density at radius 1 is 1.44 bits per heavy atom. The fourth-order valence-corrected chi connectivity index (χ4v) is 2.41. The normalized spacial score (nSPS) is 25.3. The summed E-state index contributed by atoms with van der Waals surface area (Å²) < 4.78 is 18.8. The van der Waals surface area contributed by atoms with Gasteiger partial charge in [-0.05, 0) is 18.6 Å². The zero-order chi connectivity index (χ0) is 13.3. The van der Waals surface area contributed by atoms with Crippen molar-refractivity contribution in [3.8, 4) is 0 Å². The van der Waals surface area contributed by atoms with E-state index in [1.54, 1.807) is 19.2 Å². The summed E-state index contributed by atoms with van der Waals surface area (Å²) in [6, 6.07) is 6.03. The van der Waals surface area contributed by atoms with Gasteiger partial charge in [0.25, 0.3) is 5.91 Å². The maximum Gasteiger partial charge on any atom is 0.254 e. The van der Waals surface area contributed by atoms with Gasteiger partial charge in [0.05, 0.1) is 11.7 Å². The van der Waals surface area contributed by atoms with Crippen LogP contribution in [0.4, 0.5) is 4.39 Å². The van der Waals surface area contributed by atoms with Gasteiger partial charge < -0.3 is 10.1 Å². The van der Waals surface area contributed by atoms with Crippen molar-refractivity contribution in [2.75, 3.05) is 7.11 Å². The van der Waals surface area contributed by atoms with Gasteiger partial charge in [0.15, 0.2) is 0 Å². The third kappa shape index (κ3) is 2.12. The lowest BCUT2D eigenvalue weighted by molar-refractivity contribution is -0.0942. The van der Waals surface area contributed by atoms with Crippen molar-refractivity contribution in [1.29, 1.82) is 0 Å². The number of methoxy groups -OCH3 is 1. The van der Waals surface area contributed by atoms with Gasteiger partial charge >= 0.3 is 0 Å². The van der Waals surface area contributed by atoms with Gasteiger partial charge in [-0.2, -0.15) is 0 Å². The topological polar surface area (TPSA) is 38.3 Å². The van der Waals surface area contributed by atoms with Gasteiger partial charge in [-0.25, -0.2) is 4.39 Å². The molecule has 0 bridgehead atoms. The van der Waals surface area contributed by atoms with Crippen LogP contribution in [0.2, 0.25) is 0 Å². The molecule has 1 amide bonds. The minimum absolute atomic E-state index is 0.0227. The van der Waals surface area contributed by atoms with Crippen LogP contribution in [0.1, 0.15) is 30.6 Å². The van der Waals surface area contributed by atoms with Gasteiger partial charge in [-0.15, -0.1) is 0 Å². The van der Waals surface area contributed by atoms with Gasteiger partial charge in [-0.1, -0.05) is 26.0 Å². The molecule has 1 aromatic carbocycles. The van der Waals surface area contributed by atoms with Crippen molar-refractivity contribution in [1.82, 2.24) is 5.32 Å². The van der Waals surface area contributed by atoms with E-state index in [9.17, 15) is 9.18 Å². The first-order chi connectivity index (χ1) is 8.46. The number of halogens is 1. The standard InChI is InChI=1S/C14H18FNO2/c1-14(2)11(8-12(14)18-3)16-13(17)9-6-4-5-7-10(9)15/h4-7,11-12H,8H2,1-3H3,(H,16,17). The first-order valence-electron chi connectivity index (χ1n) is 6.05. The highest BCUT2D eigenvalue weighted by Crippen LogP contribution is 2.42. The van der Waals surface area contributed by atoms with Gasteiger partial charge in [0.1, 0.15) is 5.82 Å². The monoisotopic (exact) mass is 251 g/mol. The molecule has 18 heavy (non-hydrogen) atoms. The smallest absolute Gasteiger partial charge is 0.254 e. The molecule has 2 rings (SSSR count). The molecule has 2 atom stereocenters. The van der Waals surface area contributed by atoms with E-state index in [2.05, 4.69) is 5.32 Å². The van der Waals surface area contributed by atoms with Crippen LogP contribution in [0.15, 0.2) is 24.3 Å². The summed E-state index contributed by atoms with van der Waals surface area (Å²) in [5, 5.41) is 2.87. The summed E-state index contributed by atoms with van der Waals surface area (Å²) in [5.74, 6) is -0.851. The average Bonchev–Trinajstić information content (AvgIpc) is 2.34. The molecule has 0 aromatic heterocycles. The highest BCUT2D eigenvalue weighted by molar-refractivity contribution is 5.94. The Labute approximate surface area is 106 Å². The molecule has 0 spiro atoms. The number of ether oxygens (including phenoxy) is 1. The molecule has 1 aliphatic rings. The Morgan fingerprint density at radius 2 is 2.11 bits per heavy atom. The first kappa shape index (κ1) is 13.0. The van der Waals surface area contributed by atoms with Crippen molar-refractivity contribution in [2.45, 2.75) is 32.4 Å². The highest BCUT2D eigenvalue weighted by atomic mass is 19.1. The zero-order valence-corrected chi connectivity index (χ0v) is 10.9. The molecular formula is C14H18FNO2. The Hall–Kier alpha value is -1.42. The Balaban J connectivity index is 2.04. The lowest BCUT2D eigenvalue weighted by Gasteiger charge is -2.51. The predicted octanol–water partition coefficient (Wildman–Crippen LogP) is 2.37. The molecule has 0 aliphatic heterocycles. The maximum absolute atomic E-state index is 13.5. The second-order valence-corrected chi connectivity index (χ2v) is 5.29. The molecule has 3 nitrogen and oxygen atoms in total. The van der Waals surface area contributed by atoms with Gasteiger partial charge in [0, 0.05) is 18.6 Å². The molecule has 1 saturated carbocycles. The zero-order valence-electron chi connectivity index (χ0n) is 10.9. The summed E-state index contributed by atoms with van der Waals surface area (Å²) in [6.45, 7) is 4.08. The fraction of sp³-hybridized carbons (Fsp3) is 0.500. The van der Waals surface area contributed by atoms with E-state index in [4.69, 9.17) is 4.74 Å². The number of rotatable bonds is 3.